The Balaban J connectivity index is 1.86. The molecule has 0 spiro atoms. The van der Waals surface area contributed by atoms with Crippen LogP contribution in [-0.4, -0.2) is 41.3 Å². The monoisotopic (exact) mass is 359 g/mol. The molecule has 4 N–H and O–H groups in total. The lowest BCUT2D eigenvalue weighted by molar-refractivity contribution is 0.122. The van der Waals surface area contributed by atoms with Crippen LogP contribution in [0.2, 0.25) is 0 Å². The summed E-state index contributed by atoms with van der Waals surface area (Å²) < 4.78 is 5.31. The minimum Gasteiger partial charge on any atom is -0.383 e. The summed E-state index contributed by atoms with van der Waals surface area (Å²) in [5.41, 5.74) is 8.89. The highest BCUT2D eigenvalue weighted by Crippen LogP contribution is 2.17. The average molecular weight is 359 g/mol. The highest BCUT2D eigenvalue weighted by Gasteiger charge is 2.19. The molecule has 1 aromatic carbocycles. The van der Waals surface area contributed by atoms with E-state index < -0.39 is 0 Å². The van der Waals surface area contributed by atoms with Gasteiger partial charge in [-0.2, -0.15) is 4.98 Å². The molecule has 0 bridgehead atoms. The Morgan fingerprint density at radius 3 is 2.52 bits per heavy atom. The molecule has 0 aliphatic carbocycles. The smallest absolute Gasteiger partial charge is 0.264 e. The number of ether oxygens (including phenoxy) is 1. The summed E-state index contributed by atoms with van der Waals surface area (Å²) in [6.07, 6.45) is 0. The number of nitrogens with zero attached hydrogens (tertiary/aromatic N) is 2. The van der Waals surface area contributed by atoms with E-state index >= 15 is 0 Å². The fourth-order valence-corrected chi connectivity index (χ4v) is 3.18. The number of aryl methyl sites for hydroxylation is 2. The second-order valence-corrected chi connectivity index (χ2v) is 6.49. The fourth-order valence-electron chi connectivity index (χ4n) is 2.86. The van der Waals surface area contributed by atoms with E-state index in [4.69, 9.17) is 22.7 Å². The predicted octanol–water partition coefficient (Wildman–Crippen LogP) is 1.59. The Kier molecular flexibility index (Phi) is 5.00. The fraction of sp³-hybridized carbons (Fsp3) is 0.353. The zero-order valence-corrected chi connectivity index (χ0v) is 15.1. The van der Waals surface area contributed by atoms with Crippen molar-refractivity contribution in [3.05, 3.63) is 45.2 Å². The summed E-state index contributed by atoms with van der Waals surface area (Å²) in [5, 5.41) is 3.08. The van der Waals surface area contributed by atoms with Gasteiger partial charge in [0.25, 0.3) is 5.56 Å². The number of nitrogens with one attached hydrogen (secondary N) is 2. The molecule has 7 nitrogen and oxygen atoms in total. The number of rotatable bonds is 3. The molecule has 0 amide bonds. The number of aromatic amines is 1. The Morgan fingerprint density at radius 1 is 1.28 bits per heavy atom. The van der Waals surface area contributed by atoms with Gasteiger partial charge in [-0.15, -0.1) is 0 Å². The van der Waals surface area contributed by atoms with Gasteiger partial charge in [-0.3, -0.25) is 9.78 Å². The first kappa shape index (κ1) is 17.4. The molecule has 2 aromatic rings. The summed E-state index contributed by atoms with van der Waals surface area (Å²) in [4.78, 5) is 21.8. The van der Waals surface area contributed by atoms with E-state index in [9.17, 15) is 4.79 Å². The molecular formula is C17H21N5O2S. The van der Waals surface area contributed by atoms with Gasteiger partial charge in [0.05, 0.1) is 13.2 Å². The van der Waals surface area contributed by atoms with Crippen LogP contribution in [0.3, 0.4) is 0 Å². The van der Waals surface area contributed by atoms with Crippen LogP contribution in [0.25, 0.3) is 0 Å². The van der Waals surface area contributed by atoms with Gasteiger partial charge in [-0.25, -0.2) is 0 Å². The predicted molar refractivity (Wildman–Crippen MR) is 104 cm³/mol. The highest BCUT2D eigenvalue weighted by molar-refractivity contribution is 7.81. The van der Waals surface area contributed by atoms with Gasteiger partial charge in [-0.1, -0.05) is 18.3 Å². The minimum absolute atomic E-state index is 0.118. The van der Waals surface area contributed by atoms with Crippen molar-refractivity contribution < 1.29 is 4.74 Å². The van der Waals surface area contributed by atoms with E-state index in [0.717, 1.165) is 16.8 Å². The van der Waals surface area contributed by atoms with Crippen molar-refractivity contribution in [1.82, 2.24) is 9.97 Å². The number of thiocarbonyl (C=S) groups is 1. The summed E-state index contributed by atoms with van der Waals surface area (Å²) >= 11 is 5.38. The van der Waals surface area contributed by atoms with Gasteiger partial charge in [0.15, 0.2) is 0 Å². The maximum absolute atomic E-state index is 12.5. The standard InChI is InChI=1S/C17H21N5O2S/c1-10-7-11(2)9-12(8-10)19-16(25)13-14(18)20-17(21-15(13)23)22-3-5-24-6-4-22/h7-9H,3-6H2,1-2H3,(H,19,25)(H3,18,20,21,23). The van der Waals surface area contributed by atoms with Crippen LogP contribution in [-0.2, 0) is 4.74 Å². The third-order valence-electron chi connectivity index (χ3n) is 3.95. The van der Waals surface area contributed by atoms with Crippen molar-refractivity contribution in [3.8, 4) is 0 Å². The number of morpholine rings is 1. The first-order valence-electron chi connectivity index (χ1n) is 8.06. The largest absolute Gasteiger partial charge is 0.383 e. The van der Waals surface area contributed by atoms with Crippen molar-refractivity contribution in [3.63, 3.8) is 0 Å². The topological polar surface area (TPSA) is 96.3 Å². The van der Waals surface area contributed by atoms with Crippen LogP contribution < -0.4 is 21.5 Å². The zero-order chi connectivity index (χ0) is 18.0. The lowest BCUT2D eigenvalue weighted by Crippen LogP contribution is -2.39. The molecule has 0 radical (unpaired) electrons. The molecule has 0 atom stereocenters. The summed E-state index contributed by atoms with van der Waals surface area (Å²) in [7, 11) is 0. The molecule has 0 unspecified atom stereocenters. The zero-order valence-electron chi connectivity index (χ0n) is 14.3. The number of benzene rings is 1. The summed E-state index contributed by atoms with van der Waals surface area (Å²) in [6, 6.07) is 5.98. The SMILES string of the molecule is Cc1cc(C)cc(NC(=S)c2c(N)nc(N3CCOCC3)[nH]c2=O)c1. The Labute approximate surface area is 151 Å². The molecule has 2 heterocycles. The third-order valence-corrected chi connectivity index (χ3v) is 4.26. The van der Waals surface area contributed by atoms with Crippen molar-refractivity contribution in [2.45, 2.75) is 13.8 Å². The molecular weight excluding hydrogens is 338 g/mol. The van der Waals surface area contributed by atoms with E-state index in [2.05, 4.69) is 21.4 Å². The number of anilines is 3. The Morgan fingerprint density at radius 2 is 1.92 bits per heavy atom. The highest BCUT2D eigenvalue weighted by atomic mass is 32.1. The molecule has 1 aromatic heterocycles. The van der Waals surface area contributed by atoms with Gasteiger partial charge in [0.1, 0.15) is 16.4 Å². The maximum atomic E-state index is 12.5. The van der Waals surface area contributed by atoms with Crippen LogP contribution in [0, 0.1) is 13.8 Å². The normalized spacial score (nSPS) is 14.4. The number of aromatic nitrogens is 2. The third kappa shape index (κ3) is 3.97. The number of nitrogen functional groups attached to an aromatic ring is 1. The molecule has 8 heteroatoms. The molecule has 1 saturated heterocycles. The molecule has 0 saturated carbocycles. The number of hydrogen-bond donors (Lipinski definition) is 3. The molecule has 1 fully saturated rings. The summed E-state index contributed by atoms with van der Waals surface area (Å²) in [5.74, 6) is 0.566. The van der Waals surface area contributed by atoms with Crippen LogP contribution in [0.5, 0.6) is 0 Å². The van der Waals surface area contributed by atoms with Crippen LogP contribution in [0.1, 0.15) is 16.7 Å². The van der Waals surface area contributed by atoms with E-state index in [1.54, 1.807) is 0 Å². The Bertz CT molecular complexity index is 838. The number of hydrogen-bond acceptors (Lipinski definition) is 6. The lowest BCUT2D eigenvalue weighted by Gasteiger charge is -2.27. The molecule has 3 rings (SSSR count). The minimum atomic E-state index is -0.351. The van der Waals surface area contributed by atoms with E-state index in [1.807, 2.05) is 30.9 Å². The van der Waals surface area contributed by atoms with Crippen molar-refractivity contribution in [2.75, 3.05) is 42.3 Å². The van der Waals surface area contributed by atoms with E-state index in [1.165, 1.54) is 0 Å². The van der Waals surface area contributed by atoms with Crippen molar-refractivity contribution in [1.29, 1.82) is 0 Å². The molecule has 1 aliphatic heterocycles. The molecule has 25 heavy (non-hydrogen) atoms. The second-order valence-electron chi connectivity index (χ2n) is 6.08. The van der Waals surface area contributed by atoms with Crippen LogP contribution in [0.4, 0.5) is 17.5 Å². The Hall–Kier alpha value is -2.45. The second kappa shape index (κ2) is 7.20. The number of nitrogens with two attached hydrogens (primary N) is 1. The van der Waals surface area contributed by atoms with Crippen molar-refractivity contribution >= 4 is 34.7 Å². The van der Waals surface area contributed by atoms with Gasteiger partial charge >= 0.3 is 0 Å². The van der Waals surface area contributed by atoms with Gasteiger partial charge in [0, 0.05) is 18.8 Å². The maximum Gasteiger partial charge on any atom is 0.264 e. The van der Waals surface area contributed by atoms with Crippen LogP contribution in [0.15, 0.2) is 23.0 Å². The van der Waals surface area contributed by atoms with Gasteiger partial charge in [-0.05, 0) is 37.1 Å². The first-order valence-corrected chi connectivity index (χ1v) is 8.47. The molecule has 132 valence electrons. The lowest BCUT2D eigenvalue weighted by atomic mass is 10.1. The van der Waals surface area contributed by atoms with Gasteiger partial charge < -0.3 is 20.7 Å². The van der Waals surface area contributed by atoms with Gasteiger partial charge in [0.2, 0.25) is 5.95 Å². The first-order chi connectivity index (χ1) is 11.9. The quantitative estimate of drug-likeness (QED) is 0.716. The van der Waals surface area contributed by atoms with E-state index in [-0.39, 0.29) is 21.9 Å². The molecule has 1 aliphatic rings. The van der Waals surface area contributed by atoms with Crippen LogP contribution >= 0.6 is 12.2 Å². The van der Waals surface area contributed by atoms with Crippen molar-refractivity contribution in [2.24, 2.45) is 0 Å². The number of H-pyrrole nitrogens is 1. The summed E-state index contributed by atoms with van der Waals surface area (Å²) in [6.45, 7) is 6.51. The average Bonchev–Trinajstić information content (AvgIpc) is 2.54. The van der Waals surface area contributed by atoms with E-state index in [0.29, 0.717) is 32.3 Å².